The van der Waals surface area contributed by atoms with Gasteiger partial charge in [-0.15, -0.1) is 0 Å². The van der Waals surface area contributed by atoms with E-state index >= 15 is 0 Å². The Morgan fingerprint density at radius 1 is 1.23 bits per heavy atom. The van der Waals surface area contributed by atoms with Gasteiger partial charge in [-0.25, -0.2) is 4.79 Å². The number of anilines is 1. The Morgan fingerprint density at radius 2 is 2.09 bits per heavy atom. The van der Waals surface area contributed by atoms with Crippen LogP contribution in [0.3, 0.4) is 0 Å². The van der Waals surface area contributed by atoms with Gasteiger partial charge in [0.15, 0.2) is 0 Å². The van der Waals surface area contributed by atoms with E-state index in [1.165, 1.54) is 19.3 Å². The molecule has 2 heterocycles. The van der Waals surface area contributed by atoms with Crippen molar-refractivity contribution in [2.75, 3.05) is 18.4 Å². The van der Waals surface area contributed by atoms with Crippen LogP contribution in [0.1, 0.15) is 41.6 Å². The van der Waals surface area contributed by atoms with E-state index in [9.17, 15) is 9.59 Å². The van der Waals surface area contributed by atoms with Crippen molar-refractivity contribution in [2.24, 2.45) is 11.8 Å². The van der Waals surface area contributed by atoms with Gasteiger partial charge in [-0.3, -0.25) is 4.79 Å². The number of rotatable bonds is 2. The van der Waals surface area contributed by atoms with Crippen LogP contribution in [0.15, 0.2) is 18.2 Å². The van der Waals surface area contributed by atoms with Crippen LogP contribution in [-0.4, -0.2) is 29.9 Å². The van der Waals surface area contributed by atoms with E-state index in [1.807, 2.05) is 17.0 Å². The van der Waals surface area contributed by atoms with E-state index in [4.69, 9.17) is 0 Å². The number of amides is 3. The molecule has 1 atom stereocenters. The molecular weight excluding hydrogens is 278 g/mol. The summed E-state index contributed by atoms with van der Waals surface area (Å²) in [4.78, 5) is 26.2. The highest BCUT2D eigenvalue weighted by atomic mass is 16.2. The Hall–Kier alpha value is -2.04. The number of hydrogen-bond acceptors (Lipinski definition) is 2. The number of nitrogens with one attached hydrogen (secondary N) is 2. The highest BCUT2D eigenvalue weighted by Gasteiger charge is 2.35. The molecule has 1 saturated heterocycles. The first-order valence-corrected chi connectivity index (χ1v) is 8.18. The van der Waals surface area contributed by atoms with Gasteiger partial charge in [0.05, 0.1) is 0 Å². The second-order valence-corrected chi connectivity index (χ2v) is 6.63. The highest BCUT2D eigenvalue weighted by molar-refractivity contribution is 6.01. The lowest BCUT2D eigenvalue weighted by Crippen LogP contribution is -2.43. The maximum Gasteiger partial charge on any atom is 0.321 e. The second-order valence-electron chi connectivity index (χ2n) is 6.63. The van der Waals surface area contributed by atoms with E-state index in [0.717, 1.165) is 36.7 Å². The molecule has 0 bridgehead atoms. The molecule has 116 valence electrons. The Bertz CT molecular complexity index is 624. The lowest BCUT2D eigenvalue weighted by molar-refractivity contribution is 0.0965. The Labute approximate surface area is 130 Å². The topological polar surface area (TPSA) is 61.4 Å². The van der Waals surface area contributed by atoms with Gasteiger partial charge in [0.25, 0.3) is 5.91 Å². The predicted octanol–water partition coefficient (Wildman–Crippen LogP) is 2.58. The van der Waals surface area contributed by atoms with Crippen molar-refractivity contribution in [1.29, 1.82) is 0 Å². The minimum absolute atomic E-state index is 0.0295. The van der Waals surface area contributed by atoms with Gasteiger partial charge in [0.1, 0.15) is 0 Å². The van der Waals surface area contributed by atoms with Crippen LogP contribution in [0.2, 0.25) is 0 Å². The molecule has 3 amide bonds. The largest absolute Gasteiger partial charge is 0.348 e. The molecule has 22 heavy (non-hydrogen) atoms. The minimum Gasteiger partial charge on any atom is -0.348 e. The average molecular weight is 299 g/mol. The summed E-state index contributed by atoms with van der Waals surface area (Å²) in [5, 5.41) is 5.81. The van der Waals surface area contributed by atoms with Crippen molar-refractivity contribution in [3.8, 4) is 0 Å². The normalized spacial score (nSPS) is 23.9. The summed E-state index contributed by atoms with van der Waals surface area (Å²) >= 11 is 0. The van der Waals surface area contributed by atoms with Crippen molar-refractivity contribution in [3.05, 3.63) is 29.3 Å². The maximum atomic E-state index is 12.5. The number of benzene rings is 1. The van der Waals surface area contributed by atoms with E-state index < -0.39 is 0 Å². The zero-order valence-corrected chi connectivity index (χ0v) is 12.6. The summed E-state index contributed by atoms with van der Waals surface area (Å²) in [6, 6.07) is 5.47. The quantitative estimate of drug-likeness (QED) is 0.881. The standard InChI is InChI=1S/C17H21N3O2/c21-16-13-4-1-5-15(14(13)9-18-16)19-17(22)20-8-2-3-12(10-20)11-6-7-11/h1,4-5,11-12H,2-3,6-10H2,(H,18,21)(H,19,22). The van der Waals surface area contributed by atoms with E-state index in [1.54, 1.807) is 6.07 Å². The van der Waals surface area contributed by atoms with Crippen LogP contribution < -0.4 is 10.6 Å². The number of carbonyl (C=O) groups excluding carboxylic acids is 2. The summed E-state index contributed by atoms with van der Waals surface area (Å²) < 4.78 is 0. The number of hydrogen-bond donors (Lipinski definition) is 2. The predicted molar refractivity (Wildman–Crippen MR) is 83.7 cm³/mol. The Balaban J connectivity index is 1.47. The molecule has 1 aromatic rings. The fourth-order valence-corrected chi connectivity index (χ4v) is 3.71. The summed E-state index contributed by atoms with van der Waals surface area (Å²) in [5.41, 5.74) is 2.33. The van der Waals surface area contributed by atoms with Crippen LogP contribution in [0.5, 0.6) is 0 Å². The van der Waals surface area contributed by atoms with Crippen molar-refractivity contribution in [1.82, 2.24) is 10.2 Å². The number of carbonyl (C=O) groups is 2. The molecule has 2 N–H and O–H groups in total. The summed E-state index contributed by atoms with van der Waals surface area (Å²) in [6.45, 7) is 2.21. The molecule has 0 aromatic heterocycles. The van der Waals surface area contributed by atoms with Crippen LogP contribution in [0, 0.1) is 11.8 Å². The van der Waals surface area contributed by atoms with Crippen LogP contribution in [-0.2, 0) is 6.54 Å². The monoisotopic (exact) mass is 299 g/mol. The third-order valence-electron chi connectivity index (χ3n) is 5.12. The van der Waals surface area contributed by atoms with E-state index in [2.05, 4.69) is 10.6 Å². The molecule has 5 heteroatoms. The first-order chi connectivity index (χ1) is 10.7. The first kappa shape index (κ1) is 13.6. The van der Waals surface area contributed by atoms with Gasteiger partial charge >= 0.3 is 6.03 Å². The van der Waals surface area contributed by atoms with Gasteiger partial charge in [-0.05, 0) is 49.7 Å². The molecule has 2 fully saturated rings. The fraction of sp³-hybridized carbons (Fsp3) is 0.529. The maximum absolute atomic E-state index is 12.5. The van der Waals surface area contributed by atoms with Crippen molar-refractivity contribution >= 4 is 17.6 Å². The zero-order chi connectivity index (χ0) is 15.1. The van der Waals surface area contributed by atoms with Gasteiger partial charge in [0, 0.05) is 36.4 Å². The molecule has 5 nitrogen and oxygen atoms in total. The van der Waals surface area contributed by atoms with E-state index in [-0.39, 0.29) is 11.9 Å². The minimum atomic E-state index is -0.0575. The zero-order valence-electron chi connectivity index (χ0n) is 12.6. The van der Waals surface area contributed by atoms with Gasteiger partial charge < -0.3 is 15.5 Å². The molecule has 1 unspecified atom stereocenters. The highest BCUT2D eigenvalue weighted by Crippen LogP contribution is 2.41. The van der Waals surface area contributed by atoms with Gasteiger partial charge in [-0.2, -0.15) is 0 Å². The third kappa shape index (κ3) is 2.45. The first-order valence-electron chi connectivity index (χ1n) is 8.18. The van der Waals surface area contributed by atoms with Crippen molar-refractivity contribution in [2.45, 2.75) is 32.2 Å². The summed E-state index contributed by atoms with van der Waals surface area (Å²) in [5.74, 6) is 1.47. The number of urea groups is 1. The molecule has 1 aromatic carbocycles. The average Bonchev–Trinajstić information content (AvgIpc) is 3.32. The number of fused-ring (bicyclic) bond motifs is 1. The lowest BCUT2D eigenvalue weighted by atomic mass is 9.93. The number of likely N-dealkylation sites (tertiary alicyclic amines) is 1. The van der Waals surface area contributed by atoms with E-state index in [0.29, 0.717) is 18.0 Å². The van der Waals surface area contributed by atoms with Gasteiger partial charge in [-0.1, -0.05) is 6.07 Å². The Morgan fingerprint density at radius 3 is 2.91 bits per heavy atom. The van der Waals surface area contributed by atoms with Crippen LogP contribution in [0.4, 0.5) is 10.5 Å². The lowest BCUT2D eigenvalue weighted by Gasteiger charge is -2.33. The smallest absolute Gasteiger partial charge is 0.321 e. The van der Waals surface area contributed by atoms with Crippen LogP contribution >= 0.6 is 0 Å². The summed E-state index contributed by atoms with van der Waals surface area (Å²) in [6.07, 6.45) is 5.02. The van der Waals surface area contributed by atoms with Gasteiger partial charge in [0.2, 0.25) is 0 Å². The molecule has 2 aliphatic heterocycles. The molecule has 0 radical (unpaired) electrons. The number of nitrogens with zero attached hydrogens (tertiary/aromatic N) is 1. The number of piperidine rings is 1. The third-order valence-corrected chi connectivity index (χ3v) is 5.12. The molecule has 4 rings (SSSR count). The molecule has 1 saturated carbocycles. The summed E-state index contributed by atoms with van der Waals surface area (Å²) in [7, 11) is 0. The van der Waals surface area contributed by atoms with Crippen LogP contribution in [0.25, 0.3) is 0 Å². The second kappa shape index (κ2) is 5.30. The molecule has 1 aliphatic carbocycles. The molecular formula is C17H21N3O2. The molecule has 3 aliphatic rings. The Kier molecular flexibility index (Phi) is 3.28. The SMILES string of the molecule is O=C1NCc2c(NC(=O)N3CCCC(C4CC4)C3)cccc21. The fourth-order valence-electron chi connectivity index (χ4n) is 3.71. The van der Waals surface area contributed by atoms with Crippen molar-refractivity contribution in [3.63, 3.8) is 0 Å². The molecule has 0 spiro atoms. The van der Waals surface area contributed by atoms with Crippen molar-refractivity contribution < 1.29 is 9.59 Å².